The highest BCUT2D eigenvalue weighted by Gasteiger charge is 2.35. The zero-order chi connectivity index (χ0) is 13.4. The monoisotopic (exact) mass is 256 g/mol. The molecule has 1 atom stereocenters. The van der Waals surface area contributed by atoms with Gasteiger partial charge in [0.05, 0.1) is 6.61 Å². The average molecular weight is 256 g/mol. The molecule has 0 spiro atoms. The van der Waals surface area contributed by atoms with E-state index in [1.54, 1.807) is 0 Å². The van der Waals surface area contributed by atoms with Gasteiger partial charge in [0.1, 0.15) is 0 Å². The lowest BCUT2D eigenvalue weighted by atomic mass is 9.90. The molecule has 0 radical (unpaired) electrons. The molecule has 1 aliphatic heterocycles. The summed E-state index contributed by atoms with van der Waals surface area (Å²) < 4.78 is 5.79. The lowest BCUT2D eigenvalue weighted by Gasteiger charge is -2.46. The fourth-order valence-corrected chi connectivity index (χ4v) is 2.80. The van der Waals surface area contributed by atoms with Gasteiger partial charge in [0.15, 0.2) is 0 Å². The minimum absolute atomic E-state index is 0.185. The normalized spacial score (nSPS) is 20.0. The van der Waals surface area contributed by atoms with Gasteiger partial charge in [-0.2, -0.15) is 0 Å². The van der Waals surface area contributed by atoms with Crippen molar-refractivity contribution in [2.45, 2.75) is 65.0 Å². The SMILES string of the molecule is CCCOCC(NCC)C(C)(C)N1CCCCC1. The number of piperidine rings is 1. The van der Waals surface area contributed by atoms with E-state index >= 15 is 0 Å². The fraction of sp³-hybridized carbons (Fsp3) is 1.00. The third-order valence-corrected chi connectivity index (χ3v) is 4.11. The first-order valence-electron chi connectivity index (χ1n) is 7.69. The van der Waals surface area contributed by atoms with E-state index in [1.165, 1.54) is 32.4 Å². The third kappa shape index (κ3) is 4.52. The molecule has 0 aliphatic carbocycles. The number of hydrogen-bond donors (Lipinski definition) is 1. The Balaban J connectivity index is 2.55. The quantitative estimate of drug-likeness (QED) is 0.676. The van der Waals surface area contributed by atoms with Gasteiger partial charge in [0.2, 0.25) is 0 Å². The van der Waals surface area contributed by atoms with Crippen LogP contribution in [0.2, 0.25) is 0 Å². The Morgan fingerprint density at radius 1 is 1.17 bits per heavy atom. The zero-order valence-corrected chi connectivity index (χ0v) is 12.8. The van der Waals surface area contributed by atoms with E-state index in [4.69, 9.17) is 4.74 Å². The molecular weight excluding hydrogens is 224 g/mol. The van der Waals surface area contributed by atoms with Crippen molar-refractivity contribution in [1.82, 2.24) is 10.2 Å². The predicted octanol–water partition coefficient (Wildman–Crippen LogP) is 2.66. The molecule has 1 unspecified atom stereocenters. The van der Waals surface area contributed by atoms with Gasteiger partial charge in [-0.05, 0) is 52.7 Å². The van der Waals surface area contributed by atoms with Crippen LogP contribution >= 0.6 is 0 Å². The maximum Gasteiger partial charge on any atom is 0.0637 e. The van der Waals surface area contributed by atoms with Crippen LogP contribution in [-0.4, -0.2) is 49.3 Å². The maximum atomic E-state index is 5.79. The summed E-state index contributed by atoms with van der Waals surface area (Å²) in [6.07, 6.45) is 5.18. The van der Waals surface area contributed by atoms with Crippen LogP contribution in [0, 0.1) is 0 Å². The molecule has 1 rings (SSSR count). The molecule has 1 heterocycles. The first kappa shape index (κ1) is 15.9. The minimum atomic E-state index is 0.185. The molecule has 3 nitrogen and oxygen atoms in total. The van der Waals surface area contributed by atoms with Crippen molar-refractivity contribution in [1.29, 1.82) is 0 Å². The van der Waals surface area contributed by atoms with Crippen molar-refractivity contribution in [2.75, 3.05) is 32.8 Å². The minimum Gasteiger partial charge on any atom is -0.380 e. The smallest absolute Gasteiger partial charge is 0.0637 e. The Morgan fingerprint density at radius 3 is 2.39 bits per heavy atom. The van der Waals surface area contributed by atoms with Gasteiger partial charge in [-0.3, -0.25) is 4.90 Å². The van der Waals surface area contributed by atoms with Gasteiger partial charge in [0, 0.05) is 18.2 Å². The Kier molecular flexibility index (Phi) is 7.20. The number of ether oxygens (including phenoxy) is 1. The Labute approximate surface area is 113 Å². The van der Waals surface area contributed by atoms with Crippen molar-refractivity contribution in [2.24, 2.45) is 0 Å². The maximum absolute atomic E-state index is 5.79. The molecular formula is C15H32N2O. The summed E-state index contributed by atoms with van der Waals surface area (Å²) in [6, 6.07) is 0.423. The summed E-state index contributed by atoms with van der Waals surface area (Å²) in [6.45, 7) is 14.3. The Hall–Kier alpha value is -0.120. The van der Waals surface area contributed by atoms with Gasteiger partial charge < -0.3 is 10.1 Å². The van der Waals surface area contributed by atoms with E-state index in [2.05, 4.69) is 37.9 Å². The summed E-state index contributed by atoms with van der Waals surface area (Å²) >= 11 is 0. The molecule has 0 aromatic carbocycles. The number of nitrogens with zero attached hydrogens (tertiary/aromatic N) is 1. The number of hydrogen-bond acceptors (Lipinski definition) is 3. The van der Waals surface area contributed by atoms with Crippen LogP contribution in [0.5, 0.6) is 0 Å². The standard InChI is InChI=1S/C15H32N2O/c1-5-12-18-13-14(16-6-2)15(3,4)17-10-8-7-9-11-17/h14,16H,5-13H2,1-4H3. The van der Waals surface area contributed by atoms with E-state index in [-0.39, 0.29) is 5.54 Å². The summed E-state index contributed by atoms with van der Waals surface area (Å²) in [5.41, 5.74) is 0.185. The van der Waals surface area contributed by atoms with E-state index in [0.717, 1.165) is 26.2 Å². The Bertz CT molecular complexity index is 213. The van der Waals surface area contributed by atoms with Gasteiger partial charge in [-0.1, -0.05) is 20.3 Å². The van der Waals surface area contributed by atoms with E-state index < -0.39 is 0 Å². The molecule has 0 bridgehead atoms. The highest BCUT2D eigenvalue weighted by molar-refractivity contribution is 4.94. The first-order valence-corrected chi connectivity index (χ1v) is 7.69. The van der Waals surface area contributed by atoms with Gasteiger partial charge >= 0.3 is 0 Å². The van der Waals surface area contributed by atoms with Crippen LogP contribution in [0.25, 0.3) is 0 Å². The lowest BCUT2D eigenvalue weighted by molar-refractivity contribution is 0.0161. The van der Waals surface area contributed by atoms with Crippen molar-refractivity contribution in [3.8, 4) is 0 Å². The zero-order valence-electron chi connectivity index (χ0n) is 12.8. The molecule has 1 N–H and O–H groups in total. The summed E-state index contributed by atoms with van der Waals surface area (Å²) in [5.74, 6) is 0. The lowest BCUT2D eigenvalue weighted by Crippen LogP contribution is -2.60. The fourth-order valence-electron chi connectivity index (χ4n) is 2.80. The molecule has 3 heteroatoms. The Morgan fingerprint density at radius 2 is 1.83 bits per heavy atom. The third-order valence-electron chi connectivity index (χ3n) is 4.11. The van der Waals surface area contributed by atoms with Crippen LogP contribution in [-0.2, 0) is 4.74 Å². The summed E-state index contributed by atoms with van der Waals surface area (Å²) in [7, 11) is 0. The molecule has 1 saturated heterocycles. The number of likely N-dealkylation sites (N-methyl/N-ethyl adjacent to an activating group) is 1. The van der Waals surface area contributed by atoms with Gasteiger partial charge in [0.25, 0.3) is 0 Å². The van der Waals surface area contributed by atoms with Gasteiger partial charge in [-0.25, -0.2) is 0 Å². The molecule has 0 aromatic rings. The number of nitrogens with one attached hydrogen (secondary N) is 1. The highest BCUT2D eigenvalue weighted by Crippen LogP contribution is 2.24. The second kappa shape index (κ2) is 8.13. The topological polar surface area (TPSA) is 24.5 Å². The largest absolute Gasteiger partial charge is 0.380 e. The first-order chi connectivity index (χ1) is 8.62. The van der Waals surface area contributed by atoms with E-state index in [9.17, 15) is 0 Å². The second-order valence-electron chi connectivity index (χ2n) is 5.89. The molecule has 18 heavy (non-hydrogen) atoms. The molecule has 0 saturated carbocycles. The van der Waals surface area contributed by atoms with Crippen LogP contribution in [0.1, 0.15) is 53.4 Å². The highest BCUT2D eigenvalue weighted by atomic mass is 16.5. The van der Waals surface area contributed by atoms with Crippen molar-refractivity contribution in [3.63, 3.8) is 0 Å². The van der Waals surface area contributed by atoms with Crippen molar-refractivity contribution >= 4 is 0 Å². The summed E-state index contributed by atoms with van der Waals surface area (Å²) in [5, 5.41) is 3.61. The van der Waals surface area contributed by atoms with Gasteiger partial charge in [-0.15, -0.1) is 0 Å². The molecule has 0 aromatic heterocycles. The van der Waals surface area contributed by atoms with Crippen LogP contribution < -0.4 is 5.32 Å². The second-order valence-corrected chi connectivity index (χ2v) is 5.89. The number of likely N-dealkylation sites (tertiary alicyclic amines) is 1. The molecule has 0 amide bonds. The van der Waals surface area contributed by atoms with Crippen LogP contribution in [0.3, 0.4) is 0 Å². The summed E-state index contributed by atoms with van der Waals surface area (Å²) in [4.78, 5) is 2.64. The predicted molar refractivity (Wildman–Crippen MR) is 78.1 cm³/mol. The van der Waals surface area contributed by atoms with E-state index in [0.29, 0.717) is 6.04 Å². The van der Waals surface area contributed by atoms with E-state index in [1.807, 2.05) is 0 Å². The average Bonchev–Trinajstić information content (AvgIpc) is 2.39. The van der Waals surface area contributed by atoms with Crippen molar-refractivity contribution < 1.29 is 4.74 Å². The number of rotatable bonds is 8. The van der Waals surface area contributed by atoms with Crippen molar-refractivity contribution in [3.05, 3.63) is 0 Å². The van der Waals surface area contributed by atoms with Crippen LogP contribution in [0.15, 0.2) is 0 Å². The molecule has 108 valence electrons. The molecule has 1 fully saturated rings. The molecule has 1 aliphatic rings. The van der Waals surface area contributed by atoms with Crippen LogP contribution in [0.4, 0.5) is 0 Å².